The molecule has 1 atom stereocenters. The van der Waals surface area contributed by atoms with Gasteiger partial charge in [-0.1, -0.05) is 20.8 Å². The molecule has 20 heavy (non-hydrogen) atoms. The van der Waals surface area contributed by atoms with Gasteiger partial charge in [0.05, 0.1) is 22.4 Å². The third kappa shape index (κ3) is 2.99. The number of hydrogen-bond acceptors (Lipinski definition) is 2. The van der Waals surface area contributed by atoms with Crippen LogP contribution in [0.4, 0.5) is 0 Å². The van der Waals surface area contributed by atoms with Gasteiger partial charge in [-0.2, -0.15) is 5.10 Å². The molecule has 0 aliphatic rings. The standard InChI is InChI=1S/C15H23BrN4/c1-5-12-14(16)13(19(4)18-12)9-20-7-6-11(8-20)15(17)10(2)3/h6-8,10,15H,5,9,17H2,1-4H3. The molecule has 0 bridgehead atoms. The predicted molar refractivity (Wildman–Crippen MR) is 85.6 cm³/mol. The van der Waals surface area contributed by atoms with E-state index in [1.165, 1.54) is 11.3 Å². The fourth-order valence-electron chi connectivity index (χ4n) is 2.30. The fourth-order valence-corrected chi connectivity index (χ4v) is 3.05. The zero-order valence-electron chi connectivity index (χ0n) is 12.6. The predicted octanol–water partition coefficient (Wildman–Crippen LogP) is 3.25. The molecule has 0 radical (unpaired) electrons. The lowest BCUT2D eigenvalue weighted by molar-refractivity contribution is 0.513. The summed E-state index contributed by atoms with van der Waals surface area (Å²) >= 11 is 3.66. The third-order valence-corrected chi connectivity index (χ3v) is 4.63. The summed E-state index contributed by atoms with van der Waals surface area (Å²) in [4.78, 5) is 0. The highest BCUT2D eigenvalue weighted by atomic mass is 79.9. The summed E-state index contributed by atoms with van der Waals surface area (Å²) < 4.78 is 5.23. The van der Waals surface area contributed by atoms with Crippen molar-refractivity contribution in [3.63, 3.8) is 0 Å². The Balaban J connectivity index is 2.21. The number of nitrogens with two attached hydrogens (primary N) is 1. The molecule has 4 nitrogen and oxygen atoms in total. The fraction of sp³-hybridized carbons (Fsp3) is 0.533. The summed E-state index contributed by atoms with van der Waals surface area (Å²) in [5.74, 6) is 0.445. The molecule has 0 saturated carbocycles. The Labute approximate surface area is 129 Å². The van der Waals surface area contributed by atoms with E-state index >= 15 is 0 Å². The first kappa shape index (κ1) is 15.3. The van der Waals surface area contributed by atoms with Gasteiger partial charge in [-0.05, 0) is 39.9 Å². The van der Waals surface area contributed by atoms with E-state index in [-0.39, 0.29) is 6.04 Å². The molecule has 0 aromatic carbocycles. The average Bonchev–Trinajstić information content (AvgIpc) is 2.97. The van der Waals surface area contributed by atoms with Crippen LogP contribution in [0.2, 0.25) is 0 Å². The van der Waals surface area contributed by atoms with E-state index in [0.717, 1.165) is 23.1 Å². The monoisotopic (exact) mass is 338 g/mol. The molecule has 0 amide bonds. The molecule has 0 saturated heterocycles. The molecule has 110 valence electrons. The summed E-state index contributed by atoms with van der Waals surface area (Å²) in [6.45, 7) is 7.21. The van der Waals surface area contributed by atoms with Crippen LogP contribution in [0.3, 0.4) is 0 Å². The van der Waals surface area contributed by atoms with E-state index in [0.29, 0.717) is 5.92 Å². The van der Waals surface area contributed by atoms with Gasteiger partial charge in [-0.25, -0.2) is 0 Å². The molecule has 5 heteroatoms. The van der Waals surface area contributed by atoms with Gasteiger partial charge >= 0.3 is 0 Å². The molecule has 0 aliphatic heterocycles. The van der Waals surface area contributed by atoms with Gasteiger partial charge in [0.25, 0.3) is 0 Å². The minimum atomic E-state index is 0.0948. The van der Waals surface area contributed by atoms with Crippen molar-refractivity contribution in [3.05, 3.63) is 39.9 Å². The quantitative estimate of drug-likeness (QED) is 0.909. The summed E-state index contributed by atoms with van der Waals surface area (Å²) in [7, 11) is 1.99. The normalized spacial score (nSPS) is 13.2. The van der Waals surface area contributed by atoms with Gasteiger partial charge in [-0.15, -0.1) is 0 Å². The van der Waals surface area contributed by atoms with Crippen molar-refractivity contribution in [2.45, 2.75) is 39.8 Å². The SMILES string of the molecule is CCc1nn(C)c(Cn2ccc(C(N)C(C)C)c2)c1Br. The number of aromatic nitrogens is 3. The smallest absolute Gasteiger partial charge is 0.0767 e. The average molecular weight is 339 g/mol. The van der Waals surface area contributed by atoms with Gasteiger partial charge in [0, 0.05) is 25.5 Å². The van der Waals surface area contributed by atoms with Crippen LogP contribution in [0.15, 0.2) is 22.9 Å². The van der Waals surface area contributed by atoms with Crippen LogP contribution in [0.1, 0.15) is 43.8 Å². The van der Waals surface area contributed by atoms with E-state index in [1.807, 2.05) is 11.7 Å². The number of aryl methyl sites for hydroxylation is 2. The minimum Gasteiger partial charge on any atom is -0.348 e. The van der Waals surface area contributed by atoms with Crippen LogP contribution in [-0.2, 0) is 20.0 Å². The maximum absolute atomic E-state index is 6.19. The van der Waals surface area contributed by atoms with Gasteiger partial charge in [0.1, 0.15) is 0 Å². The van der Waals surface area contributed by atoms with Crippen molar-refractivity contribution >= 4 is 15.9 Å². The third-order valence-electron chi connectivity index (χ3n) is 3.71. The summed E-state index contributed by atoms with van der Waals surface area (Å²) in [6, 6.07) is 2.20. The number of rotatable bonds is 5. The van der Waals surface area contributed by atoms with E-state index in [4.69, 9.17) is 5.73 Å². The van der Waals surface area contributed by atoms with Crippen LogP contribution < -0.4 is 5.73 Å². The zero-order chi connectivity index (χ0) is 14.9. The lowest BCUT2D eigenvalue weighted by Gasteiger charge is -2.13. The van der Waals surface area contributed by atoms with Gasteiger partial charge in [0.2, 0.25) is 0 Å². The van der Waals surface area contributed by atoms with Gasteiger partial charge in [-0.3, -0.25) is 4.68 Å². The van der Waals surface area contributed by atoms with Crippen molar-refractivity contribution in [2.75, 3.05) is 0 Å². The van der Waals surface area contributed by atoms with E-state index < -0.39 is 0 Å². The number of nitrogens with zero attached hydrogens (tertiary/aromatic N) is 3. The molecule has 0 fully saturated rings. The maximum Gasteiger partial charge on any atom is 0.0767 e. The van der Waals surface area contributed by atoms with Crippen molar-refractivity contribution in [1.82, 2.24) is 14.3 Å². The first-order valence-electron chi connectivity index (χ1n) is 7.05. The molecular formula is C15H23BrN4. The molecule has 1 unspecified atom stereocenters. The Hall–Kier alpha value is -1.07. The first-order chi connectivity index (χ1) is 9.43. The Bertz CT molecular complexity index is 583. The second-order valence-electron chi connectivity index (χ2n) is 5.57. The van der Waals surface area contributed by atoms with Crippen LogP contribution in [0, 0.1) is 5.92 Å². The number of halogens is 1. The van der Waals surface area contributed by atoms with Crippen LogP contribution >= 0.6 is 15.9 Å². The van der Waals surface area contributed by atoms with Crippen LogP contribution in [-0.4, -0.2) is 14.3 Å². The highest BCUT2D eigenvalue weighted by Gasteiger charge is 2.15. The van der Waals surface area contributed by atoms with Crippen LogP contribution in [0.25, 0.3) is 0 Å². The summed E-state index contributed by atoms with van der Waals surface area (Å²) in [5, 5.41) is 4.53. The topological polar surface area (TPSA) is 48.8 Å². The molecule has 0 aliphatic carbocycles. The molecule has 2 heterocycles. The molecular weight excluding hydrogens is 316 g/mol. The Morgan fingerprint density at radius 3 is 2.65 bits per heavy atom. The first-order valence-corrected chi connectivity index (χ1v) is 7.84. The molecule has 2 aromatic heterocycles. The van der Waals surface area contributed by atoms with Crippen molar-refractivity contribution in [3.8, 4) is 0 Å². The second kappa shape index (κ2) is 6.14. The summed E-state index contributed by atoms with van der Waals surface area (Å²) in [6.07, 6.45) is 5.15. The molecule has 2 rings (SSSR count). The summed E-state index contributed by atoms with van der Waals surface area (Å²) in [5.41, 5.74) is 9.67. The molecule has 2 aromatic rings. The van der Waals surface area contributed by atoms with E-state index in [2.05, 4.69) is 64.8 Å². The Kier molecular flexibility index (Phi) is 4.70. The maximum atomic E-state index is 6.19. The zero-order valence-corrected chi connectivity index (χ0v) is 14.2. The van der Waals surface area contributed by atoms with E-state index in [9.17, 15) is 0 Å². The molecule has 0 spiro atoms. The van der Waals surface area contributed by atoms with Gasteiger partial charge < -0.3 is 10.3 Å². The number of hydrogen-bond donors (Lipinski definition) is 1. The highest BCUT2D eigenvalue weighted by molar-refractivity contribution is 9.10. The highest BCUT2D eigenvalue weighted by Crippen LogP contribution is 2.24. The molecule has 2 N–H and O–H groups in total. The van der Waals surface area contributed by atoms with Crippen LogP contribution in [0.5, 0.6) is 0 Å². The van der Waals surface area contributed by atoms with Crippen molar-refractivity contribution < 1.29 is 0 Å². The van der Waals surface area contributed by atoms with Crippen molar-refractivity contribution in [1.29, 1.82) is 0 Å². The van der Waals surface area contributed by atoms with Gasteiger partial charge in [0.15, 0.2) is 0 Å². The lowest BCUT2D eigenvalue weighted by Crippen LogP contribution is -2.16. The van der Waals surface area contributed by atoms with Crippen molar-refractivity contribution in [2.24, 2.45) is 18.7 Å². The van der Waals surface area contributed by atoms with E-state index in [1.54, 1.807) is 0 Å². The second-order valence-corrected chi connectivity index (χ2v) is 6.36. The lowest BCUT2D eigenvalue weighted by atomic mass is 10.00. The Morgan fingerprint density at radius 1 is 1.40 bits per heavy atom. The minimum absolute atomic E-state index is 0.0948. The Morgan fingerprint density at radius 2 is 2.10 bits per heavy atom. The largest absolute Gasteiger partial charge is 0.348 e.